The maximum Gasteiger partial charge on any atom is 0.362 e. The molecule has 0 spiro atoms. The summed E-state index contributed by atoms with van der Waals surface area (Å²) in [7, 11) is 0. The van der Waals surface area contributed by atoms with E-state index in [-0.39, 0.29) is 25.8 Å². The van der Waals surface area contributed by atoms with Crippen LogP contribution < -0.4 is 5.11 Å². The fourth-order valence-electron chi connectivity index (χ4n) is 6.77. The smallest absolute Gasteiger partial charge is 0.362 e. The molecule has 0 amide bonds. The lowest BCUT2D eigenvalue weighted by molar-refractivity contribution is -0.974. The van der Waals surface area contributed by atoms with Crippen molar-refractivity contribution >= 4 is 17.9 Å². The Morgan fingerprint density at radius 1 is 0.548 bits per heavy atom. The average molecular weight is 596 g/mol. The fraction of sp³-hybridized carbons (Fsp3) is 0.857. The van der Waals surface area contributed by atoms with Crippen LogP contribution in [0.1, 0.15) is 169 Å². The summed E-state index contributed by atoms with van der Waals surface area (Å²) < 4.78 is -0.465. The van der Waals surface area contributed by atoms with Crippen LogP contribution in [0.4, 0.5) is 0 Å². The fourth-order valence-corrected chi connectivity index (χ4v) is 6.77. The molecule has 7 heteroatoms. The quantitative estimate of drug-likeness (QED) is 0.0493. The number of carbonyl (C=O) groups excluding carboxylic acids is 1. The normalized spacial score (nSPS) is 15.3. The number of unbranched alkanes of at least 4 members (excludes halogenated alkanes) is 17. The summed E-state index contributed by atoms with van der Waals surface area (Å²) in [6.07, 6.45) is 28.1. The first kappa shape index (κ1) is 40.1. The number of allylic oxidation sites excluding steroid dienone is 2. The first-order chi connectivity index (χ1) is 20.2. The van der Waals surface area contributed by atoms with Crippen LogP contribution in [-0.4, -0.2) is 57.3 Å². The number of hydrogen-bond donors (Lipinski definition) is 2. The molecule has 0 aliphatic heterocycles. The van der Waals surface area contributed by atoms with Gasteiger partial charge in [0, 0.05) is 19.3 Å². The molecule has 0 aromatic rings. The highest BCUT2D eigenvalue weighted by Gasteiger charge is 2.53. The van der Waals surface area contributed by atoms with Crippen molar-refractivity contribution in [3.63, 3.8) is 0 Å². The number of nitrogens with zero attached hydrogens (tertiary/aromatic N) is 1. The highest BCUT2D eigenvalue weighted by molar-refractivity contribution is 5.77. The summed E-state index contributed by atoms with van der Waals surface area (Å²) >= 11 is 0. The zero-order valence-corrected chi connectivity index (χ0v) is 27.6. The lowest BCUT2D eigenvalue weighted by Gasteiger charge is -2.51. The van der Waals surface area contributed by atoms with Crippen LogP contribution in [0.2, 0.25) is 0 Å². The minimum absolute atomic E-state index is 0.132. The van der Waals surface area contributed by atoms with E-state index < -0.39 is 40.5 Å². The number of rotatable bonds is 30. The van der Waals surface area contributed by atoms with Crippen molar-refractivity contribution in [3.05, 3.63) is 12.2 Å². The van der Waals surface area contributed by atoms with Crippen LogP contribution in [0, 0.1) is 0 Å². The van der Waals surface area contributed by atoms with Crippen molar-refractivity contribution in [2.45, 2.75) is 187 Å². The van der Waals surface area contributed by atoms with Crippen LogP contribution in [0.3, 0.4) is 0 Å². The third-order valence-corrected chi connectivity index (χ3v) is 9.05. The molecule has 0 saturated heterocycles. The van der Waals surface area contributed by atoms with Gasteiger partial charge in [0.15, 0.2) is 12.1 Å². The average Bonchev–Trinajstić information content (AvgIpc) is 2.94. The first-order valence-electron chi connectivity index (χ1n) is 17.4. The van der Waals surface area contributed by atoms with E-state index in [0.717, 1.165) is 19.3 Å². The molecule has 0 radical (unpaired) electrons. The Morgan fingerprint density at radius 2 is 0.881 bits per heavy atom. The minimum atomic E-state index is -1.36. The van der Waals surface area contributed by atoms with Crippen LogP contribution in [0.25, 0.3) is 0 Å². The van der Waals surface area contributed by atoms with Crippen molar-refractivity contribution in [2.24, 2.45) is 0 Å². The monoisotopic (exact) mass is 595 g/mol. The number of aliphatic carboxylic acids is 3. The van der Waals surface area contributed by atoms with Crippen LogP contribution in [0.15, 0.2) is 12.2 Å². The maximum atomic E-state index is 12.3. The Labute approximate surface area is 257 Å². The van der Waals surface area contributed by atoms with Gasteiger partial charge >= 0.3 is 11.9 Å². The van der Waals surface area contributed by atoms with Crippen molar-refractivity contribution in [1.29, 1.82) is 0 Å². The molecular formula is C35H65NO6. The van der Waals surface area contributed by atoms with Gasteiger partial charge in [0.25, 0.3) is 0 Å². The predicted octanol–water partition coefficient (Wildman–Crippen LogP) is 8.05. The van der Waals surface area contributed by atoms with E-state index in [1.807, 2.05) is 0 Å². The largest absolute Gasteiger partial charge is 0.544 e. The van der Waals surface area contributed by atoms with Gasteiger partial charge in [0.2, 0.25) is 0 Å². The molecule has 3 unspecified atom stereocenters. The van der Waals surface area contributed by atoms with Gasteiger partial charge in [0.1, 0.15) is 6.04 Å². The van der Waals surface area contributed by atoms with E-state index in [1.165, 1.54) is 96.3 Å². The second-order valence-corrected chi connectivity index (χ2v) is 12.2. The molecular weight excluding hydrogens is 530 g/mol. The predicted molar refractivity (Wildman–Crippen MR) is 170 cm³/mol. The van der Waals surface area contributed by atoms with Gasteiger partial charge < -0.3 is 20.1 Å². The second-order valence-electron chi connectivity index (χ2n) is 12.2. The Balaban J connectivity index is 4.34. The van der Waals surface area contributed by atoms with Gasteiger partial charge in [-0.05, 0) is 32.1 Å². The number of hydrogen-bond acceptors (Lipinski definition) is 4. The zero-order valence-electron chi connectivity index (χ0n) is 27.6. The van der Waals surface area contributed by atoms with E-state index in [4.69, 9.17) is 0 Å². The number of carbonyl (C=O) groups is 3. The SMILES string of the molecule is CCCC/C=C/CCCCCCCCCCCCCCCCC[N+](C(CC)C(=O)[O-])(C(CC)C(=O)O)C(CC)C(=O)O. The molecule has 0 heterocycles. The van der Waals surface area contributed by atoms with Gasteiger partial charge in [-0.1, -0.05) is 130 Å². The van der Waals surface area contributed by atoms with Gasteiger partial charge in [-0.15, -0.1) is 0 Å². The zero-order chi connectivity index (χ0) is 31.6. The molecule has 0 fully saturated rings. The Hall–Kier alpha value is -1.89. The van der Waals surface area contributed by atoms with E-state index in [2.05, 4.69) is 19.1 Å². The Morgan fingerprint density at radius 3 is 1.19 bits per heavy atom. The lowest BCUT2D eigenvalue weighted by atomic mass is 9.93. The molecule has 42 heavy (non-hydrogen) atoms. The molecule has 0 aliphatic rings. The summed E-state index contributed by atoms with van der Waals surface area (Å²) in [4.78, 5) is 36.7. The van der Waals surface area contributed by atoms with E-state index in [9.17, 15) is 29.7 Å². The molecule has 3 atom stereocenters. The molecule has 2 N–H and O–H groups in total. The van der Waals surface area contributed by atoms with Crippen LogP contribution in [-0.2, 0) is 14.4 Å². The van der Waals surface area contributed by atoms with Gasteiger partial charge in [-0.25, -0.2) is 9.59 Å². The summed E-state index contributed by atoms with van der Waals surface area (Å²) in [5, 5.41) is 32.2. The second kappa shape index (κ2) is 25.6. The molecule has 7 nitrogen and oxygen atoms in total. The maximum absolute atomic E-state index is 12.3. The van der Waals surface area contributed by atoms with E-state index in [1.54, 1.807) is 20.8 Å². The van der Waals surface area contributed by atoms with Crippen LogP contribution >= 0.6 is 0 Å². The summed E-state index contributed by atoms with van der Waals surface area (Å²) in [5.41, 5.74) is 0. The minimum Gasteiger partial charge on any atom is -0.544 e. The standard InChI is InChI=1S/C35H65NO6/c1-5-9-10-11-12-13-14-15-16-17-18-19-20-21-22-23-24-25-26-27-28-29-36(30(6-2)33(37)38,31(7-3)34(39)40)32(8-4)35(41)42/h11-12,30-32H,5-10,13-29H2,1-4H3,(H2-,37,38,39,40,41,42)/b12-11+. The molecule has 0 aliphatic carbocycles. The molecule has 246 valence electrons. The lowest BCUT2D eigenvalue weighted by Crippen LogP contribution is -2.73. The van der Waals surface area contributed by atoms with Crippen molar-refractivity contribution in [2.75, 3.05) is 6.54 Å². The third kappa shape index (κ3) is 15.5. The highest BCUT2D eigenvalue weighted by Crippen LogP contribution is 2.32. The number of carboxylic acids is 3. The number of carboxylic acid groups (broad SMARTS) is 3. The topological polar surface area (TPSA) is 115 Å². The van der Waals surface area contributed by atoms with E-state index >= 15 is 0 Å². The number of quaternary nitrogens is 1. The van der Waals surface area contributed by atoms with Crippen molar-refractivity contribution in [1.82, 2.24) is 0 Å². The van der Waals surface area contributed by atoms with Gasteiger partial charge in [-0.3, -0.25) is 4.48 Å². The van der Waals surface area contributed by atoms with Gasteiger partial charge in [0.05, 0.1) is 12.5 Å². The summed E-state index contributed by atoms with van der Waals surface area (Å²) in [6, 6.07) is -3.37. The molecule has 0 bridgehead atoms. The summed E-state index contributed by atoms with van der Waals surface area (Å²) in [5.74, 6) is -3.64. The third-order valence-electron chi connectivity index (χ3n) is 9.05. The molecule has 0 saturated carbocycles. The molecule has 0 aromatic heterocycles. The molecule has 0 aromatic carbocycles. The summed E-state index contributed by atoms with van der Waals surface area (Å²) in [6.45, 7) is 7.52. The van der Waals surface area contributed by atoms with E-state index in [0.29, 0.717) is 6.42 Å². The Bertz CT molecular complexity index is 682. The highest BCUT2D eigenvalue weighted by atomic mass is 16.4. The van der Waals surface area contributed by atoms with Gasteiger partial charge in [-0.2, -0.15) is 0 Å². The van der Waals surface area contributed by atoms with Crippen molar-refractivity contribution in [3.8, 4) is 0 Å². The van der Waals surface area contributed by atoms with Crippen LogP contribution in [0.5, 0.6) is 0 Å². The Kier molecular flexibility index (Phi) is 24.4. The van der Waals surface area contributed by atoms with Crippen molar-refractivity contribution < 1.29 is 34.2 Å². The molecule has 0 rings (SSSR count). The first-order valence-corrected chi connectivity index (χ1v) is 17.4.